The number of rotatable bonds is 7. The van der Waals surface area contributed by atoms with E-state index >= 15 is 0 Å². The van der Waals surface area contributed by atoms with Crippen LogP contribution < -0.4 is 0 Å². The van der Waals surface area contributed by atoms with Gasteiger partial charge in [-0.1, -0.05) is 69.7 Å². The minimum Gasteiger partial charge on any atom is -0.303 e. The SMILES string of the molecule is CCCC1CCC(CCc2ccc([C@H]3CC[C@H](C=O)CC3)cc2)CC1. The quantitative estimate of drug-likeness (QED) is 0.505. The monoisotopic (exact) mass is 340 g/mol. The molecule has 0 N–H and O–H groups in total. The van der Waals surface area contributed by atoms with Crippen LogP contribution in [0.25, 0.3) is 0 Å². The molecule has 2 saturated carbocycles. The van der Waals surface area contributed by atoms with E-state index in [1.54, 1.807) is 0 Å². The van der Waals surface area contributed by atoms with Crippen molar-refractivity contribution in [1.29, 1.82) is 0 Å². The van der Waals surface area contributed by atoms with Crippen molar-refractivity contribution in [3.63, 3.8) is 0 Å². The van der Waals surface area contributed by atoms with Crippen molar-refractivity contribution in [3.8, 4) is 0 Å². The van der Waals surface area contributed by atoms with Crippen molar-refractivity contribution in [2.45, 2.75) is 89.9 Å². The third kappa shape index (κ3) is 5.43. The molecule has 2 aliphatic rings. The average molecular weight is 341 g/mol. The van der Waals surface area contributed by atoms with Gasteiger partial charge in [0.1, 0.15) is 6.29 Å². The van der Waals surface area contributed by atoms with E-state index in [1.807, 2.05) is 0 Å². The number of hydrogen-bond acceptors (Lipinski definition) is 1. The Morgan fingerprint density at radius 2 is 1.44 bits per heavy atom. The van der Waals surface area contributed by atoms with Gasteiger partial charge in [0.05, 0.1) is 0 Å². The minimum atomic E-state index is 0.322. The molecule has 0 saturated heterocycles. The molecule has 1 nitrogen and oxygen atoms in total. The molecule has 0 amide bonds. The number of hydrogen-bond donors (Lipinski definition) is 0. The van der Waals surface area contributed by atoms with Crippen LogP contribution in [0.15, 0.2) is 24.3 Å². The molecule has 0 bridgehead atoms. The van der Waals surface area contributed by atoms with E-state index in [1.165, 1.54) is 75.3 Å². The van der Waals surface area contributed by atoms with Gasteiger partial charge in [-0.25, -0.2) is 0 Å². The Hall–Kier alpha value is -1.11. The minimum absolute atomic E-state index is 0.322. The maximum atomic E-state index is 10.9. The second-order valence-electron chi connectivity index (χ2n) is 8.70. The van der Waals surface area contributed by atoms with Gasteiger partial charge in [0.25, 0.3) is 0 Å². The Balaban J connectivity index is 1.42. The number of benzene rings is 1. The molecule has 0 spiro atoms. The molecular formula is C24H36O. The van der Waals surface area contributed by atoms with Gasteiger partial charge >= 0.3 is 0 Å². The summed E-state index contributed by atoms with van der Waals surface area (Å²) in [5, 5.41) is 0. The van der Waals surface area contributed by atoms with Gasteiger partial charge in [-0.05, 0) is 67.4 Å². The standard InChI is InChI=1S/C24H36O/c1-2-3-19-4-6-20(7-5-19)8-9-21-10-14-23(15-11-21)24-16-12-22(18-25)13-17-24/h10-11,14-15,18-20,22,24H,2-9,12-13,16-17H2,1H3/t19?,20?,22-,24-. The van der Waals surface area contributed by atoms with Crippen LogP contribution in [0, 0.1) is 17.8 Å². The molecule has 0 aliphatic heterocycles. The fourth-order valence-electron chi connectivity index (χ4n) is 5.13. The summed E-state index contributed by atoms with van der Waals surface area (Å²) in [5.74, 6) is 2.99. The molecule has 1 heteroatoms. The second kappa shape index (κ2) is 9.55. The zero-order valence-electron chi connectivity index (χ0n) is 16.1. The van der Waals surface area contributed by atoms with Gasteiger partial charge in [0, 0.05) is 5.92 Å². The Kier molecular flexibility index (Phi) is 7.13. The Morgan fingerprint density at radius 3 is 2.00 bits per heavy atom. The number of aldehydes is 1. The van der Waals surface area contributed by atoms with Crippen LogP contribution in [0.4, 0.5) is 0 Å². The molecular weight excluding hydrogens is 304 g/mol. The summed E-state index contributed by atoms with van der Waals surface area (Å²) >= 11 is 0. The Bertz CT molecular complexity index is 501. The lowest BCUT2D eigenvalue weighted by molar-refractivity contribution is -0.111. The molecule has 2 fully saturated rings. The van der Waals surface area contributed by atoms with Crippen molar-refractivity contribution in [2.75, 3.05) is 0 Å². The fourth-order valence-corrected chi connectivity index (χ4v) is 5.13. The van der Waals surface area contributed by atoms with Crippen molar-refractivity contribution in [1.82, 2.24) is 0 Å². The van der Waals surface area contributed by atoms with Gasteiger partial charge in [0.15, 0.2) is 0 Å². The largest absolute Gasteiger partial charge is 0.303 e. The molecule has 0 heterocycles. The first-order chi connectivity index (χ1) is 12.3. The fraction of sp³-hybridized carbons (Fsp3) is 0.708. The predicted octanol–water partition coefficient (Wildman–Crippen LogP) is 6.70. The highest BCUT2D eigenvalue weighted by Crippen LogP contribution is 2.36. The third-order valence-corrected chi connectivity index (χ3v) is 6.92. The van der Waals surface area contributed by atoms with Gasteiger partial charge < -0.3 is 4.79 Å². The highest BCUT2D eigenvalue weighted by Gasteiger charge is 2.22. The number of aryl methyl sites for hydroxylation is 1. The van der Waals surface area contributed by atoms with Crippen LogP contribution in [0.3, 0.4) is 0 Å². The molecule has 138 valence electrons. The molecule has 2 aliphatic carbocycles. The molecule has 3 rings (SSSR count). The summed E-state index contributed by atoms with van der Waals surface area (Å²) in [6.45, 7) is 2.32. The predicted molar refractivity (Wildman–Crippen MR) is 106 cm³/mol. The van der Waals surface area contributed by atoms with E-state index in [4.69, 9.17) is 0 Å². The van der Waals surface area contributed by atoms with Crippen LogP contribution in [0.2, 0.25) is 0 Å². The maximum absolute atomic E-state index is 10.9. The summed E-state index contributed by atoms with van der Waals surface area (Å²) in [6, 6.07) is 9.45. The lowest BCUT2D eigenvalue weighted by Crippen LogP contribution is -2.15. The normalized spacial score (nSPS) is 30.1. The molecule has 1 aromatic carbocycles. The summed E-state index contributed by atoms with van der Waals surface area (Å²) < 4.78 is 0. The van der Waals surface area contributed by atoms with Crippen LogP contribution in [0.1, 0.15) is 94.6 Å². The van der Waals surface area contributed by atoms with Crippen molar-refractivity contribution >= 4 is 6.29 Å². The summed E-state index contributed by atoms with van der Waals surface area (Å²) in [6.07, 6.45) is 17.0. The summed E-state index contributed by atoms with van der Waals surface area (Å²) in [5.41, 5.74) is 3.01. The van der Waals surface area contributed by atoms with Crippen molar-refractivity contribution in [2.24, 2.45) is 17.8 Å². The maximum Gasteiger partial charge on any atom is 0.123 e. The lowest BCUT2D eigenvalue weighted by atomic mass is 9.77. The zero-order valence-corrected chi connectivity index (χ0v) is 16.1. The first-order valence-electron chi connectivity index (χ1n) is 10.8. The first kappa shape index (κ1) is 18.7. The Labute approximate surface area is 154 Å². The summed E-state index contributed by atoms with van der Waals surface area (Å²) in [7, 11) is 0. The summed E-state index contributed by atoms with van der Waals surface area (Å²) in [4.78, 5) is 10.9. The molecule has 1 aromatic rings. The van der Waals surface area contributed by atoms with Gasteiger partial charge in [-0.3, -0.25) is 0 Å². The van der Waals surface area contributed by atoms with Crippen molar-refractivity contribution in [3.05, 3.63) is 35.4 Å². The van der Waals surface area contributed by atoms with E-state index in [2.05, 4.69) is 31.2 Å². The molecule has 0 aromatic heterocycles. The third-order valence-electron chi connectivity index (χ3n) is 6.92. The lowest BCUT2D eigenvalue weighted by Gasteiger charge is -2.28. The van der Waals surface area contributed by atoms with Gasteiger partial charge in [-0.2, -0.15) is 0 Å². The first-order valence-corrected chi connectivity index (χ1v) is 10.8. The van der Waals surface area contributed by atoms with Crippen molar-refractivity contribution < 1.29 is 4.79 Å². The average Bonchev–Trinajstić information content (AvgIpc) is 2.68. The highest BCUT2D eigenvalue weighted by atomic mass is 16.1. The van der Waals surface area contributed by atoms with E-state index in [-0.39, 0.29) is 0 Å². The second-order valence-corrected chi connectivity index (χ2v) is 8.70. The van der Waals surface area contributed by atoms with Crippen LogP contribution in [0.5, 0.6) is 0 Å². The molecule has 0 atom stereocenters. The number of carbonyl (C=O) groups excluding carboxylic acids is 1. The molecule has 0 unspecified atom stereocenters. The van der Waals surface area contributed by atoms with E-state index in [9.17, 15) is 4.79 Å². The van der Waals surface area contributed by atoms with E-state index in [0.29, 0.717) is 11.8 Å². The topological polar surface area (TPSA) is 17.1 Å². The Morgan fingerprint density at radius 1 is 0.840 bits per heavy atom. The van der Waals surface area contributed by atoms with Crippen LogP contribution >= 0.6 is 0 Å². The van der Waals surface area contributed by atoms with Gasteiger partial charge in [0.2, 0.25) is 0 Å². The van der Waals surface area contributed by atoms with Crippen LogP contribution in [-0.4, -0.2) is 6.29 Å². The highest BCUT2D eigenvalue weighted by molar-refractivity contribution is 5.53. The van der Waals surface area contributed by atoms with Crippen LogP contribution in [-0.2, 0) is 11.2 Å². The van der Waals surface area contributed by atoms with E-state index < -0.39 is 0 Å². The molecule has 25 heavy (non-hydrogen) atoms. The van der Waals surface area contributed by atoms with E-state index in [0.717, 1.165) is 31.0 Å². The molecule has 0 radical (unpaired) electrons. The van der Waals surface area contributed by atoms with Gasteiger partial charge in [-0.15, -0.1) is 0 Å². The zero-order chi connectivity index (χ0) is 17.5. The smallest absolute Gasteiger partial charge is 0.123 e. The number of carbonyl (C=O) groups is 1.